The molecule has 1 aromatic rings. The zero-order valence-corrected chi connectivity index (χ0v) is 11.7. The molecule has 0 saturated carbocycles. The summed E-state index contributed by atoms with van der Waals surface area (Å²) >= 11 is 0. The van der Waals surface area contributed by atoms with Gasteiger partial charge in [-0.15, -0.1) is 12.1 Å². The molecule has 0 bridgehead atoms. The topological polar surface area (TPSA) is 9.23 Å². The number of rotatable bonds is 2. The van der Waals surface area contributed by atoms with Crippen molar-refractivity contribution in [3.63, 3.8) is 0 Å². The van der Waals surface area contributed by atoms with Crippen LogP contribution in [0.3, 0.4) is 0 Å². The molecule has 3 heteroatoms. The van der Waals surface area contributed by atoms with Crippen LogP contribution in [0.2, 0.25) is 18.1 Å². The normalized spacial score (nSPS) is 11.8. The molecule has 0 spiro atoms. The van der Waals surface area contributed by atoms with Crippen molar-refractivity contribution in [1.29, 1.82) is 0 Å². The van der Waals surface area contributed by atoms with Crippen LogP contribution in [0.15, 0.2) is 24.3 Å². The molecule has 0 N–H and O–H groups in total. The molecule has 0 aromatic heterocycles. The summed E-state index contributed by atoms with van der Waals surface area (Å²) < 4.78 is 6.09. The van der Waals surface area contributed by atoms with Crippen LogP contribution in [0, 0.1) is 6.07 Å². The molecule has 0 atom stereocenters. The van der Waals surface area contributed by atoms with Gasteiger partial charge in [-0.2, -0.15) is 18.2 Å². The first-order chi connectivity index (χ1) is 6.33. The number of benzene rings is 1. The van der Waals surface area contributed by atoms with Gasteiger partial charge in [0.2, 0.25) is 8.32 Å². The third-order valence-electron chi connectivity index (χ3n) is 2.87. The molecule has 0 aliphatic heterocycles. The Hall–Kier alpha value is -0.166. The first-order valence-electron chi connectivity index (χ1n) is 4.98. The largest absolute Gasteiger partial charge is 1.00 e. The van der Waals surface area contributed by atoms with Crippen LogP contribution in [0.4, 0.5) is 0 Å². The van der Waals surface area contributed by atoms with Crippen LogP contribution in [0.25, 0.3) is 0 Å². The second-order valence-electron chi connectivity index (χ2n) is 5.10. The molecule has 1 nitrogen and oxygen atoms in total. The molecule has 0 saturated heterocycles. The van der Waals surface area contributed by atoms with E-state index in [-0.39, 0.29) is 23.9 Å². The van der Waals surface area contributed by atoms with Crippen molar-refractivity contribution in [3.05, 3.63) is 30.3 Å². The Kier molecular flexibility index (Phi) is 5.19. The quantitative estimate of drug-likeness (QED) is 0.524. The standard InChI is InChI=1S/C12H19OSi.Li/c1-12(2,3)14(4,5)13-11-9-7-6-8-10-11;/h7-10H,1-5H3;/q-1;+1. The second-order valence-corrected chi connectivity index (χ2v) is 9.82. The molecule has 0 radical (unpaired) electrons. The molecule has 0 unspecified atom stereocenters. The maximum absolute atomic E-state index is 6.09. The molecule has 1 aromatic carbocycles. The summed E-state index contributed by atoms with van der Waals surface area (Å²) in [4.78, 5) is 0. The zero-order valence-electron chi connectivity index (χ0n) is 10.7. The summed E-state index contributed by atoms with van der Waals surface area (Å²) in [7, 11) is -1.66. The number of hydrogen-bond donors (Lipinski definition) is 0. The average molecular weight is 214 g/mol. The number of hydrogen-bond acceptors (Lipinski definition) is 1. The summed E-state index contributed by atoms with van der Waals surface area (Å²) in [6, 6.07) is 10.7. The summed E-state index contributed by atoms with van der Waals surface area (Å²) in [6.45, 7) is 11.2. The smallest absolute Gasteiger partial charge is 0.564 e. The van der Waals surface area contributed by atoms with Gasteiger partial charge in [0.25, 0.3) is 0 Å². The molecule has 1 rings (SSSR count). The van der Waals surface area contributed by atoms with E-state index in [0.29, 0.717) is 0 Å². The Bertz CT molecular complexity index is 290. The maximum atomic E-state index is 6.09. The van der Waals surface area contributed by atoms with Gasteiger partial charge < -0.3 is 4.43 Å². The minimum Gasteiger partial charge on any atom is -0.564 e. The van der Waals surface area contributed by atoms with Crippen LogP contribution >= 0.6 is 0 Å². The fourth-order valence-electron chi connectivity index (χ4n) is 0.887. The first kappa shape index (κ1) is 14.8. The van der Waals surface area contributed by atoms with Gasteiger partial charge >= 0.3 is 18.9 Å². The van der Waals surface area contributed by atoms with Crippen molar-refractivity contribution in [3.8, 4) is 5.75 Å². The first-order valence-corrected chi connectivity index (χ1v) is 7.89. The molecule has 0 fully saturated rings. The van der Waals surface area contributed by atoms with E-state index in [2.05, 4.69) is 39.9 Å². The van der Waals surface area contributed by atoms with E-state index >= 15 is 0 Å². The summed E-state index contributed by atoms with van der Waals surface area (Å²) in [5.74, 6) is 0.968. The Labute approximate surface area is 107 Å². The van der Waals surface area contributed by atoms with E-state index in [9.17, 15) is 0 Å². The van der Waals surface area contributed by atoms with Gasteiger partial charge in [-0.1, -0.05) is 20.8 Å². The van der Waals surface area contributed by atoms with Crippen molar-refractivity contribution in [2.75, 3.05) is 0 Å². The fraction of sp³-hybridized carbons (Fsp3) is 0.500. The molecular weight excluding hydrogens is 195 g/mol. The maximum Gasteiger partial charge on any atom is 1.00 e. The molecule has 78 valence electrons. The van der Waals surface area contributed by atoms with E-state index in [1.54, 1.807) is 0 Å². The van der Waals surface area contributed by atoms with Crippen molar-refractivity contribution in [1.82, 2.24) is 0 Å². The Morgan fingerprint density at radius 1 is 1.13 bits per heavy atom. The van der Waals surface area contributed by atoms with Gasteiger partial charge in [0, 0.05) is 0 Å². The Morgan fingerprint density at radius 3 is 2.00 bits per heavy atom. The third kappa shape index (κ3) is 4.06. The molecule has 0 aliphatic carbocycles. The van der Waals surface area contributed by atoms with Crippen LogP contribution < -0.4 is 23.3 Å². The predicted molar refractivity (Wildman–Crippen MR) is 63.1 cm³/mol. The Balaban J connectivity index is 0.00000196. The van der Waals surface area contributed by atoms with E-state index < -0.39 is 8.32 Å². The minimum absolute atomic E-state index is 0. The van der Waals surface area contributed by atoms with E-state index in [1.165, 1.54) is 0 Å². The SMILES string of the molecule is CC(C)(C)[Si](C)(C)Oc1cc[c-]cc1.[Li+]. The summed E-state index contributed by atoms with van der Waals surface area (Å²) in [6.07, 6.45) is 0. The van der Waals surface area contributed by atoms with Crippen LogP contribution in [0.5, 0.6) is 5.75 Å². The van der Waals surface area contributed by atoms with Crippen molar-refractivity contribution >= 4 is 8.32 Å². The van der Waals surface area contributed by atoms with Gasteiger partial charge in [-0.05, 0) is 23.9 Å². The van der Waals surface area contributed by atoms with Gasteiger partial charge in [0.05, 0.1) is 0 Å². The molecule has 0 amide bonds. The fourth-order valence-corrected chi connectivity index (χ4v) is 1.92. The van der Waals surface area contributed by atoms with E-state index in [0.717, 1.165) is 5.75 Å². The molecule has 0 aliphatic rings. The predicted octanol–water partition coefficient (Wildman–Crippen LogP) is 0.875. The molecule has 0 heterocycles. The van der Waals surface area contributed by atoms with Crippen LogP contribution in [0.1, 0.15) is 20.8 Å². The molecular formula is C12H19LiOSi. The summed E-state index contributed by atoms with van der Waals surface area (Å²) in [5.41, 5.74) is 0. The Morgan fingerprint density at radius 2 is 1.60 bits per heavy atom. The van der Waals surface area contributed by atoms with Gasteiger partial charge in [0.1, 0.15) is 0 Å². The van der Waals surface area contributed by atoms with Crippen LogP contribution in [-0.2, 0) is 0 Å². The van der Waals surface area contributed by atoms with Gasteiger partial charge in [0.15, 0.2) is 0 Å². The average Bonchev–Trinajstić information content (AvgIpc) is 2.03. The van der Waals surface area contributed by atoms with Gasteiger partial charge in [-0.3, -0.25) is 0 Å². The van der Waals surface area contributed by atoms with E-state index in [1.807, 2.05) is 24.3 Å². The molecule has 15 heavy (non-hydrogen) atoms. The van der Waals surface area contributed by atoms with Crippen molar-refractivity contribution in [2.24, 2.45) is 0 Å². The third-order valence-corrected chi connectivity index (χ3v) is 7.23. The monoisotopic (exact) mass is 214 g/mol. The minimum atomic E-state index is -1.66. The van der Waals surface area contributed by atoms with Crippen molar-refractivity contribution < 1.29 is 23.3 Å². The summed E-state index contributed by atoms with van der Waals surface area (Å²) in [5, 5.41) is 0.257. The van der Waals surface area contributed by atoms with Crippen molar-refractivity contribution in [2.45, 2.75) is 38.9 Å². The zero-order chi connectivity index (χ0) is 10.8. The van der Waals surface area contributed by atoms with Gasteiger partial charge in [-0.25, -0.2) is 0 Å². The van der Waals surface area contributed by atoms with Crippen LogP contribution in [-0.4, -0.2) is 8.32 Å². The second kappa shape index (κ2) is 5.25. The van der Waals surface area contributed by atoms with E-state index in [4.69, 9.17) is 4.43 Å².